The molecule has 23 heavy (non-hydrogen) atoms. The molecular formula is C18H23NO4. The lowest BCUT2D eigenvalue weighted by molar-refractivity contribution is 0.0773. The number of aliphatic hydroxyl groups is 1. The van der Waals surface area contributed by atoms with Crippen LogP contribution in [0.5, 0.6) is 5.75 Å². The zero-order valence-electron chi connectivity index (χ0n) is 13.5. The molecular weight excluding hydrogens is 294 g/mol. The van der Waals surface area contributed by atoms with E-state index in [-0.39, 0.29) is 18.3 Å². The molecule has 1 aliphatic rings. The average molecular weight is 317 g/mol. The number of nitrogens with zero attached hydrogens (tertiary/aromatic N) is 1. The van der Waals surface area contributed by atoms with Crippen LogP contribution in [0.3, 0.4) is 0 Å². The minimum absolute atomic E-state index is 0.209. The third-order valence-corrected chi connectivity index (χ3v) is 4.53. The minimum Gasteiger partial charge on any atom is -0.492 e. The number of aryl methyl sites for hydroxylation is 1. The second-order valence-electron chi connectivity index (χ2n) is 6.12. The van der Waals surface area contributed by atoms with Crippen LogP contribution in [0.25, 0.3) is 11.0 Å². The number of hydrogen-bond acceptors (Lipinski definition) is 5. The van der Waals surface area contributed by atoms with Gasteiger partial charge in [-0.2, -0.15) is 0 Å². The van der Waals surface area contributed by atoms with Crippen LogP contribution >= 0.6 is 0 Å². The second kappa shape index (κ2) is 7.15. The maximum absolute atomic E-state index is 11.5. The van der Waals surface area contributed by atoms with Crippen LogP contribution in [0.4, 0.5) is 0 Å². The van der Waals surface area contributed by atoms with Crippen molar-refractivity contribution >= 4 is 11.0 Å². The zero-order chi connectivity index (χ0) is 16.2. The highest BCUT2D eigenvalue weighted by atomic mass is 16.5. The van der Waals surface area contributed by atoms with Gasteiger partial charge < -0.3 is 14.3 Å². The van der Waals surface area contributed by atoms with Crippen molar-refractivity contribution in [2.45, 2.75) is 32.2 Å². The first-order chi connectivity index (χ1) is 11.2. The molecule has 1 saturated heterocycles. The molecule has 2 heterocycles. The fourth-order valence-corrected chi connectivity index (χ4v) is 3.24. The molecule has 1 N–H and O–H groups in total. The van der Waals surface area contributed by atoms with Gasteiger partial charge in [0.2, 0.25) is 0 Å². The smallest absolute Gasteiger partial charge is 0.336 e. The molecule has 1 aromatic heterocycles. The highest BCUT2D eigenvalue weighted by Gasteiger charge is 2.21. The standard InChI is InChI=1S/C18H23NO4/c1-13-10-18(21)23-17-11-15(5-6-16(13)17)22-9-8-19-7-3-2-4-14(19)12-20/h5-6,10-11,14,20H,2-4,7-9,12H2,1H3/t14-/m0/s1. The number of aliphatic hydroxyl groups excluding tert-OH is 1. The summed E-state index contributed by atoms with van der Waals surface area (Å²) in [5, 5.41) is 10.3. The number of likely N-dealkylation sites (tertiary alicyclic amines) is 1. The first kappa shape index (κ1) is 16.0. The van der Waals surface area contributed by atoms with Gasteiger partial charge in [0.15, 0.2) is 0 Å². The van der Waals surface area contributed by atoms with Crippen LogP contribution in [0.1, 0.15) is 24.8 Å². The molecule has 0 amide bonds. The summed E-state index contributed by atoms with van der Waals surface area (Å²) in [5.74, 6) is 0.698. The summed E-state index contributed by atoms with van der Waals surface area (Å²) in [6, 6.07) is 7.33. The molecule has 0 aliphatic carbocycles. The molecule has 5 nitrogen and oxygen atoms in total. The number of benzene rings is 1. The van der Waals surface area contributed by atoms with Gasteiger partial charge in [-0.05, 0) is 44.0 Å². The summed E-state index contributed by atoms with van der Waals surface area (Å²) in [4.78, 5) is 13.8. The summed E-state index contributed by atoms with van der Waals surface area (Å²) in [6.07, 6.45) is 3.42. The van der Waals surface area contributed by atoms with Crippen molar-refractivity contribution in [2.24, 2.45) is 0 Å². The third kappa shape index (κ3) is 3.74. The van der Waals surface area contributed by atoms with E-state index in [2.05, 4.69) is 4.90 Å². The quantitative estimate of drug-likeness (QED) is 0.858. The second-order valence-corrected chi connectivity index (χ2v) is 6.12. The van der Waals surface area contributed by atoms with E-state index in [0.29, 0.717) is 17.9 Å². The molecule has 0 spiro atoms. The van der Waals surface area contributed by atoms with Gasteiger partial charge >= 0.3 is 5.63 Å². The molecule has 1 aromatic carbocycles. The van der Waals surface area contributed by atoms with Crippen molar-refractivity contribution in [1.29, 1.82) is 0 Å². The van der Waals surface area contributed by atoms with Gasteiger partial charge in [-0.3, -0.25) is 4.90 Å². The van der Waals surface area contributed by atoms with E-state index in [1.165, 1.54) is 18.9 Å². The Morgan fingerprint density at radius 2 is 2.22 bits per heavy atom. The third-order valence-electron chi connectivity index (χ3n) is 4.53. The molecule has 0 radical (unpaired) electrons. The van der Waals surface area contributed by atoms with E-state index < -0.39 is 0 Å². The monoisotopic (exact) mass is 317 g/mol. The number of hydrogen-bond donors (Lipinski definition) is 1. The average Bonchev–Trinajstić information content (AvgIpc) is 2.55. The van der Waals surface area contributed by atoms with Crippen LogP contribution in [-0.2, 0) is 0 Å². The van der Waals surface area contributed by atoms with E-state index in [9.17, 15) is 9.90 Å². The predicted octanol–water partition coefficient (Wildman–Crippen LogP) is 2.33. The Balaban J connectivity index is 1.64. The van der Waals surface area contributed by atoms with E-state index >= 15 is 0 Å². The SMILES string of the molecule is Cc1cc(=O)oc2cc(OCCN3CCCC[C@H]3CO)ccc12. The van der Waals surface area contributed by atoms with Gasteiger partial charge in [-0.25, -0.2) is 4.79 Å². The van der Waals surface area contributed by atoms with Crippen LogP contribution in [0.15, 0.2) is 33.5 Å². The summed E-state index contributed by atoms with van der Waals surface area (Å²) in [6.45, 7) is 4.46. The number of ether oxygens (including phenoxy) is 1. The van der Waals surface area contributed by atoms with Crippen LogP contribution in [0, 0.1) is 6.92 Å². The molecule has 0 saturated carbocycles. The van der Waals surface area contributed by atoms with Gasteiger partial charge in [0.1, 0.15) is 17.9 Å². The van der Waals surface area contributed by atoms with E-state index in [0.717, 1.165) is 30.5 Å². The van der Waals surface area contributed by atoms with Gasteiger partial charge in [-0.1, -0.05) is 6.42 Å². The van der Waals surface area contributed by atoms with Crippen molar-refractivity contribution in [3.05, 3.63) is 40.2 Å². The van der Waals surface area contributed by atoms with Crippen molar-refractivity contribution in [3.63, 3.8) is 0 Å². The Morgan fingerprint density at radius 3 is 3.04 bits per heavy atom. The Bertz CT molecular complexity index is 725. The topological polar surface area (TPSA) is 62.9 Å². The first-order valence-corrected chi connectivity index (χ1v) is 8.19. The number of rotatable bonds is 5. The summed E-state index contributed by atoms with van der Waals surface area (Å²) in [7, 11) is 0. The Hall–Kier alpha value is -1.85. The van der Waals surface area contributed by atoms with Crippen LogP contribution in [-0.4, -0.2) is 42.4 Å². The predicted molar refractivity (Wildman–Crippen MR) is 89.0 cm³/mol. The molecule has 1 atom stereocenters. The van der Waals surface area contributed by atoms with Crippen molar-refractivity contribution < 1.29 is 14.3 Å². The number of fused-ring (bicyclic) bond motifs is 1. The molecule has 5 heteroatoms. The lowest BCUT2D eigenvalue weighted by Gasteiger charge is -2.34. The Labute approximate surface area is 135 Å². The first-order valence-electron chi connectivity index (χ1n) is 8.19. The summed E-state index contributed by atoms with van der Waals surface area (Å²) >= 11 is 0. The fourth-order valence-electron chi connectivity index (χ4n) is 3.24. The maximum atomic E-state index is 11.5. The molecule has 124 valence electrons. The normalized spacial score (nSPS) is 19.1. The maximum Gasteiger partial charge on any atom is 0.336 e. The Morgan fingerprint density at radius 1 is 1.35 bits per heavy atom. The Kier molecular flexibility index (Phi) is 4.98. The molecule has 1 fully saturated rings. The minimum atomic E-state index is -0.341. The van der Waals surface area contributed by atoms with Gasteiger partial charge in [-0.15, -0.1) is 0 Å². The molecule has 0 bridgehead atoms. The number of piperidine rings is 1. The highest BCUT2D eigenvalue weighted by molar-refractivity contribution is 5.81. The van der Waals surface area contributed by atoms with Crippen molar-refractivity contribution in [1.82, 2.24) is 4.90 Å². The highest BCUT2D eigenvalue weighted by Crippen LogP contribution is 2.22. The van der Waals surface area contributed by atoms with E-state index in [4.69, 9.17) is 9.15 Å². The zero-order valence-corrected chi connectivity index (χ0v) is 13.5. The van der Waals surface area contributed by atoms with Gasteiger partial charge in [0.25, 0.3) is 0 Å². The molecule has 2 aromatic rings. The van der Waals surface area contributed by atoms with Crippen LogP contribution in [0.2, 0.25) is 0 Å². The summed E-state index contributed by atoms with van der Waals surface area (Å²) < 4.78 is 11.0. The van der Waals surface area contributed by atoms with Crippen molar-refractivity contribution in [2.75, 3.05) is 26.3 Å². The molecule has 0 unspecified atom stereocenters. The van der Waals surface area contributed by atoms with E-state index in [1.54, 1.807) is 6.07 Å². The molecule has 1 aliphatic heterocycles. The largest absolute Gasteiger partial charge is 0.492 e. The van der Waals surface area contributed by atoms with Gasteiger partial charge in [0, 0.05) is 30.1 Å². The van der Waals surface area contributed by atoms with E-state index in [1.807, 2.05) is 19.1 Å². The van der Waals surface area contributed by atoms with Crippen molar-refractivity contribution in [3.8, 4) is 5.75 Å². The lowest BCUT2D eigenvalue weighted by Crippen LogP contribution is -2.43. The van der Waals surface area contributed by atoms with Crippen LogP contribution < -0.4 is 10.4 Å². The molecule has 3 rings (SSSR count). The summed E-state index contributed by atoms with van der Waals surface area (Å²) in [5.41, 5.74) is 1.12. The fraction of sp³-hybridized carbons (Fsp3) is 0.500. The lowest BCUT2D eigenvalue weighted by atomic mass is 10.0. The van der Waals surface area contributed by atoms with Gasteiger partial charge in [0.05, 0.1) is 6.61 Å².